The molecule has 3 nitrogen and oxygen atoms in total. The third kappa shape index (κ3) is 6.64. The maximum absolute atomic E-state index is 12.8. The van der Waals surface area contributed by atoms with Gasteiger partial charge in [-0.05, 0) is 73.8 Å². The summed E-state index contributed by atoms with van der Waals surface area (Å²) in [4.78, 5) is 4.60. The van der Waals surface area contributed by atoms with Crippen LogP contribution in [0.2, 0.25) is 0 Å². The number of nitrogens with zero attached hydrogens (tertiary/aromatic N) is 2. The lowest BCUT2D eigenvalue weighted by molar-refractivity contribution is -0.137. The first kappa shape index (κ1) is 24.4. The minimum atomic E-state index is -4.33. The number of piperidine rings is 1. The summed E-state index contributed by atoms with van der Waals surface area (Å²) in [6, 6.07) is 13.7. The molecule has 32 heavy (non-hydrogen) atoms. The van der Waals surface area contributed by atoms with E-state index in [4.69, 9.17) is 4.74 Å². The molecule has 6 heteroatoms. The zero-order valence-corrected chi connectivity index (χ0v) is 19.4. The first-order chi connectivity index (χ1) is 15.3. The van der Waals surface area contributed by atoms with Crippen LogP contribution in [0.25, 0.3) is 0 Å². The van der Waals surface area contributed by atoms with Gasteiger partial charge in [0.1, 0.15) is 5.75 Å². The number of alkyl halides is 3. The van der Waals surface area contributed by atoms with Crippen molar-refractivity contribution in [2.45, 2.75) is 44.7 Å². The van der Waals surface area contributed by atoms with Gasteiger partial charge in [-0.3, -0.25) is 0 Å². The standard InChI is InChI=1S/C26H35F3N2O/c1-4-5-6-16-31-17-15-25(20-7-11-23(12-8-20)30(2)3)21(18-31)19-32-24-13-9-22(10-14-24)26(27,28)29/h7-14,21,25H,4-6,15-19H2,1-3H3/t21-,25-/m1/s1. The van der Waals surface area contributed by atoms with Crippen molar-refractivity contribution in [2.24, 2.45) is 5.92 Å². The normalized spacial score (nSPS) is 19.7. The van der Waals surface area contributed by atoms with E-state index in [1.807, 2.05) is 14.1 Å². The lowest BCUT2D eigenvalue weighted by Gasteiger charge is -2.39. The summed E-state index contributed by atoms with van der Waals surface area (Å²) in [5.41, 5.74) is 1.83. The Bertz CT molecular complexity index is 818. The maximum atomic E-state index is 12.8. The molecule has 0 radical (unpaired) electrons. The summed E-state index contributed by atoms with van der Waals surface area (Å²) < 4.78 is 44.5. The van der Waals surface area contributed by atoms with Crippen LogP contribution in [-0.2, 0) is 6.18 Å². The van der Waals surface area contributed by atoms with Crippen LogP contribution in [0, 0.1) is 5.92 Å². The molecule has 0 unspecified atom stereocenters. The average Bonchev–Trinajstić information content (AvgIpc) is 2.78. The zero-order chi connectivity index (χ0) is 23.1. The Labute approximate surface area is 190 Å². The summed E-state index contributed by atoms with van der Waals surface area (Å²) in [5.74, 6) is 1.16. The number of likely N-dealkylation sites (tertiary alicyclic amines) is 1. The van der Waals surface area contributed by atoms with Crippen LogP contribution < -0.4 is 9.64 Å². The Morgan fingerprint density at radius 1 is 1.00 bits per heavy atom. The number of anilines is 1. The van der Waals surface area contributed by atoms with Gasteiger partial charge in [0.05, 0.1) is 12.2 Å². The number of hydrogen-bond donors (Lipinski definition) is 0. The SMILES string of the molecule is CCCCCN1CC[C@H](c2ccc(N(C)C)cc2)[C@@H](COc2ccc(C(F)(F)F)cc2)C1. The second-order valence-corrected chi connectivity index (χ2v) is 8.98. The third-order valence-electron chi connectivity index (χ3n) is 6.38. The van der Waals surface area contributed by atoms with E-state index in [1.54, 1.807) is 0 Å². The summed E-state index contributed by atoms with van der Waals surface area (Å²) >= 11 is 0. The first-order valence-electron chi connectivity index (χ1n) is 11.6. The number of unbranched alkanes of at least 4 members (excludes halogenated alkanes) is 2. The molecule has 0 aliphatic carbocycles. The van der Waals surface area contributed by atoms with Gasteiger partial charge < -0.3 is 14.5 Å². The summed E-state index contributed by atoms with van der Waals surface area (Å²) in [7, 11) is 4.06. The van der Waals surface area contributed by atoms with Crippen molar-refractivity contribution >= 4 is 5.69 Å². The lowest BCUT2D eigenvalue weighted by Crippen LogP contribution is -2.42. The average molecular weight is 449 g/mol. The smallest absolute Gasteiger partial charge is 0.416 e. The Hall–Kier alpha value is -2.21. The van der Waals surface area contributed by atoms with Crippen LogP contribution >= 0.6 is 0 Å². The highest BCUT2D eigenvalue weighted by atomic mass is 19.4. The van der Waals surface area contributed by atoms with E-state index in [2.05, 4.69) is 41.0 Å². The van der Waals surface area contributed by atoms with Crippen LogP contribution in [0.4, 0.5) is 18.9 Å². The van der Waals surface area contributed by atoms with Gasteiger partial charge in [-0.15, -0.1) is 0 Å². The predicted molar refractivity (Wildman–Crippen MR) is 125 cm³/mol. The van der Waals surface area contributed by atoms with Crippen LogP contribution in [-0.4, -0.2) is 45.2 Å². The number of ether oxygens (including phenoxy) is 1. The molecule has 0 bridgehead atoms. The molecule has 2 atom stereocenters. The topological polar surface area (TPSA) is 15.7 Å². The third-order valence-corrected chi connectivity index (χ3v) is 6.38. The first-order valence-corrected chi connectivity index (χ1v) is 11.6. The number of hydrogen-bond acceptors (Lipinski definition) is 3. The molecule has 1 fully saturated rings. The summed E-state index contributed by atoms with van der Waals surface area (Å²) in [6.07, 6.45) is 0.373. The highest BCUT2D eigenvalue weighted by Crippen LogP contribution is 2.35. The van der Waals surface area contributed by atoms with Crippen molar-refractivity contribution in [3.63, 3.8) is 0 Å². The molecule has 0 saturated carbocycles. The van der Waals surface area contributed by atoms with Gasteiger partial charge in [-0.25, -0.2) is 0 Å². The highest BCUT2D eigenvalue weighted by Gasteiger charge is 2.32. The molecule has 0 spiro atoms. The van der Waals surface area contributed by atoms with Crippen molar-refractivity contribution in [2.75, 3.05) is 45.2 Å². The van der Waals surface area contributed by atoms with E-state index >= 15 is 0 Å². The van der Waals surface area contributed by atoms with Gasteiger partial charge >= 0.3 is 6.18 Å². The van der Waals surface area contributed by atoms with E-state index in [1.165, 1.54) is 42.6 Å². The fourth-order valence-corrected chi connectivity index (χ4v) is 4.47. The monoisotopic (exact) mass is 448 g/mol. The number of halogens is 3. The molecule has 1 saturated heterocycles. The number of rotatable bonds is 9. The second kappa shape index (κ2) is 11.1. The van der Waals surface area contributed by atoms with Crippen molar-refractivity contribution < 1.29 is 17.9 Å². The molecule has 2 aromatic rings. The fourth-order valence-electron chi connectivity index (χ4n) is 4.47. The van der Waals surface area contributed by atoms with E-state index < -0.39 is 11.7 Å². The molecule has 1 heterocycles. The lowest BCUT2D eigenvalue weighted by atomic mass is 9.80. The molecular weight excluding hydrogens is 413 g/mol. The zero-order valence-electron chi connectivity index (χ0n) is 19.4. The molecule has 176 valence electrons. The van der Waals surface area contributed by atoms with Crippen LogP contribution in [0.5, 0.6) is 5.75 Å². The van der Waals surface area contributed by atoms with E-state index in [0.29, 0.717) is 18.3 Å². The van der Waals surface area contributed by atoms with Gasteiger partial charge in [-0.2, -0.15) is 13.2 Å². The number of benzene rings is 2. The van der Waals surface area contributed by atoms with Gasteiger partial charge in [0.25, 0.3) is 0 Å². The Morgan fingerprint density at radius 2 is 1.69 bits per heavy atom. The van der Waals surface area contributed by atoms with Gasteiger partial charge in [0.15, 0.2) is 0 Å². The molecule has 1 aliphatic heterocycles. The van der Waals surface area contributed by atoms with Crippen molar-refractivity contribution in [1.82, 2.24) is 4.90 Å². The molecule has 2 aromatic carbocycles. The Morgan fingerprint density at radius 3 is 2.28 bits per heavy atom. The van der Waals surface area contributed by atoms with Gasteiger partial charge in [0.2, 0.25) is 0 Å². The highest BCUT2D eigenvalue weighted by molar-refractivity contribution is 5.46. The second-order valence-electron chi connectivity index (χ2n) is 8.98. The Kier molecular flexibility index (Phi) is 8.46. The molecule has 0 amide bonds. The van der Waals surface area contributed by atoms with Crippen molar-refractivity contribution in [3.8, 4) is 5.75 Å². The molecular formula is C26H35F3N2O. The fraction of sp³-hybridized carbons (Fsp3) is 0.538. The quantitative estimate of drug-likeness (QED) is 0.410. The molecule has 0 aromatic heterocycles. The van der Waals surface area contributed by atoms with E-state index in [9.17, 15) is 13.2 Å². The van der Waals surface area contributed by atoms with Crippen molar-refractivity contribution in [3.05, 3.63) is 59.7 Å². The molecule has 1 aliphatic rings. The summed E-state index contributed by atoms with van der Waals surface area (Å²) in [5, 5.41) is 0. The van der Waals surface area contributed by atoms with Crippen molar-refractivity contribution in [1.29, 1.82) is 0 Å². The van der Waals surface area contributed by atoms with Crippen LogP contribution in [0.15, 0.2) is 48.5 Å². The largest absolute Gasteiger partial charge is 0.493 e. The minimum Gasteiger partial charge on any atom is -0.493 e. The van der Waals surface area contributed by atoms with E-state index in [-0.39, 0.29) is 5.92 Å². The predicted octanol–water partition coefficient (Wildman–Crippen LogP) is 6.45. The van der Waals surface area contributed by atoms with Crippen LogP contribution in [0.3, 0.4) is 0 Å². The van der Waals surface area contributed by atoms with E-state index in [0.717, 1.165) is 38.2 Å². The van der Waals surface area contributed by atoms with Crippen LogP contribution in [0.1, 0.15) is 49.7 Å². The maximum Gasteiger partial charge on any atom is 0.416 e. The minimum absolute atomic E-state index is 0.290. The summed E-state index contributed by atoms with van der Waals surface area (Å²) in [6.45, 7) is 5.82. The van der Waals surface area contributed by atoms with Gasteiger partial charge in [-0.1, -0.05) is 31.9 Å². The molecule has 3 rings (SSSR count). The molecule has 0 N–H and O–H groups in total. The Balaban J connectivity index is 1.69. The van der Waals surface area contributed by atoms with Gasteiger partial charge in [0, 0.05) is 32.2 Å².